The molecule has 1 aliphatic rings. The lowest BCUT2D eigenvalue weighted by molar-refractivity contribution is 0.0535. The molecule has 6 nitrogen and oxygen atoms in total. The fourth-order valence-corrected chi connectivity index (χ4v) is 3.12. The molecular weight excluding hydrogens is 318 g/mol. The van der Waals surface area contributed by atoms with Gasteiger partial charge in [0.05, 0.1) is 12.7 Å². The van der Waals surface area contributed by atoms with Crippen LogP contribution in [0.25, 0.3) is 0 Å². The van der Waals surface area contributed by atoms with Gasteiger partial charge in [-0.3, -0.25) is 9.59 Å². The van der Waals surface area contributed by atoms with Gasteiger partial charge in [-0.05, 0) is 36.2 Å². The molecule has 0 saturated carbocycles. The fraction of sp³-hybridized carbons (Fsp3) is 0.368. The van der Waals surface area contributed by atoms with E-state index in [1.54, 1.807) is 36.5 Å². The smallest absolute Gasteiger partial charge is 0.255 e. The number of piperazine rings is 1. The van der Waals surface area contributed by atoms with Gasteiger partial charge in [-0.2, -0.15) is 0 Å². The van der Waals surface area contributed by atoms with Crippen LogP contribution in [0.1, 0.15) is 33.2 Å². The normalized spacial score (nSPS) is 14.5. The number of carbonyl (C=O) groups excluding carboxylic acids is 2. The van der Waals surface area contributed by atoms with Crippen LogP contribution in [-0.4, -0.2) is 59.9 Å². The van der Waals surface area contributed by atoms with Crippen LogP contribution in [0.4, 0.5) is 0 Å². The number of rotatable bonds is 4. The van der Waals surface area contributed by atoms with Crippen LogP contribution in [-0.2, 0) is 6.42 Å². The topological polar surface area (TPSA) is 65.6 Å². The van der Waals surface area contributed by atoms with Crippen LogP contribution < -0.4 is 4.74 Å². The van der Waals surface area contributed by atoms with Crippen molar-refractivity contribution in [2.24, 2.45) is 0 Å². The van der Waals surface area contributed by atoms with Crippen molar-refractivity contribution in [2.75, 3.05) is 33.3 Å². The zero-order valence-electron chi connectivity index (χ0n) is 14.6. The highest BCUT2D eigenvalue weighted by Gasteiger charge is 2.26. The molecule has 6 heteroatoms. The van der Waals surface area contributed by atoms with Gasteiger partial charge >= 0.3 is 0 Å². The molecule has 1 fully saturated rings. The van der Waals surface area contributed by atoms with E-state index in [0.717, 1.165) is 17.7 Å². The molecule has 1 saturated heterocycles. The summed E-state index contributed by atoms with van der Waals surface area (Å²) in [7, 11) is 1.64. The first-order valence-corrected chi connectivity index (χ1v) is 8.52. The molecule has 2 heterocycles. The number of amides is 2. The largest absolute Gasteiger partial charge is 0.496 e. The van der Waals surface area contributed by atoms with Gasteiger partial charge < -0.3 is 19.5 Å². The molecule has 1 aromatic heterocycles. The van der Waals surface area contributed by atoms with Crippen molar-refractivity contribution in [3.05, 3.63) is 53.3 Å². The summed E-state index contributed by atoms with van der Waals surface area (Å²) in [4.78, 5) is 31.6. The van der Waals surface area contributed by atoms with E-state index in [1.807, 2.05) is 24.0 Å². The summed E-state index contributed by atoms with van der Waals surface area (Å²) in [6.07, 6.45) is 4.24. The first kappa shape index (κ1) is 17.1. The van der Waals surface area contributed by atoms with Crippen molar-refractivity contribution in [1.29, 1.82) is 0 Å². The number of benzene rings is 1. The number of hydrogen-bond acceptors (Lipinski definition) is 3. The lowest BCUT2D eigenvalue weighted by Crippen LogP contribution is -2.50. The lowest BCUT2D eigenvalue weighted by atomic mass is 10.1. The molecule has 132 valence electrons. The number of nitrogens with zero attached hydrogens (tertiary/aromatic N) is 2. The average Bonchev–Trinajstić information content (AvgIpc) is 3.21. The molecule has 2 aromatic rings. The van der Waals surface area contributed by atoms with Crippen molar-refractivity contribution in [3.63, 3.8) is 0 Å². The quantitative estimate of drug-likeness (QED) is 0.927. The number of nitrogens with one attached hydrogen (secondary N) is 1. The van der Waals surface area contributed by atoms with E-state index in [0.29, 0.717) is 37.3 Å². The number of H-pyrrole nitrogens is 1. The number of aromatic nitrogens is 1. The molecule has 1 N–H and O–H groups in total. The Labute approximate surface area is 147 Å². The number of carbonyl (C=O) groups is 2. The van der Waals surface area contributed by atoms with Gasteiger partial charge in [0.2, 0.25) is 0 Å². The molecule has 0 radical (unpaired) electrons. The number of hydrogen-bond donors (Lipinski definition) is 1. The number of aryl methyl sites for hydroxylation is 1. The SMILES string of the molecule is CCc1cc(C(=O)N2CCN(C(=O)c3cc[nH]c3)CC2)ccc1OC. The molecular formula is C19H23N3O3. The van der Waals surface area contributed by atoms with Crippen LogP contribution in [0.2, 0.25) is 0 Å². The van der Waals surface area contributed by atoms with Crippen molar-refractivity contribution in [2.45, 2.75) is 13.3 Å². The predicted molar refractivity (Wildman–Crippen MR) is 95.0 cm³/mol. The van der Waals surface area contributed by atoms with E-state index in [-0.39, 0.29) is 11.8 Å². The van der Waals surface area contributed by atoms with Crippen LogP contribution in [0.15, 0.2) is 36.7 Å². The maximum Gasteiger partial charge on any atom is 0.255 e. The Kier molecular flexibility index (Phi) is 5.07. The van der Waals surface area contributed by atoms with Gasteiger partial charge in [-0.15, -0.1) is 0 Å². The number of aromatic amines is 1. The maximum absolute atomic E-state index is 12.7. The monoisotopic (exact) mass is 341 g/mol. The van der Waals surface area contributed by atoms with Crippen LogP contribution in [0.3, 0.4) is 0 Å². The first-order valence-electron chi connectivity index (χ1n) is 8.52. The van der Waals surface area contributed by atoms with E-state index < -0.39 is 0 Å². The van der Waals surface area contributed by atoms with Gasteiger partial charge in [0, 0.05) is 44.1 Å². The molecule has 0 aliphatic carbocycles. The Balaban J connectivity index is 1.64. The molecule has 1 aromatic carbocycles. The Morgan fingerprint density at radius 3 is 2.20 bits per heavy atom. The molecule has 25 heavy (non-hydrogen) atoms. The highest BCUT2D eigenvalue weighted by atomic mass is 16.5. The summed E-state index contributed by atoms with van der Waals surface area (Å²) in [5.74, 6) is 0.818. The van der Waals surface area contributed by atoms with E-state index in [1.165, 1.54) is 0 Å². The second-order valence-corrected chi connectivity index (χ2v) is 6.06. The Bertz CT molecular complexity index is 747. The molecule has 0 spiro atoms. The second kappa shape index (κ2) is 7.42. The van der Waals surface area contributed by atoms with Gasteiger partial charge in [-0.25, -0.2) is 0 Å². The van der Waals surface area contributed by atoms with Crippen LogP contribution in [0.5, 0.6) is 5.75 Å². The summed E-state index contributed by atoms with van der Waals surface area (Å²) in [6.45, 7) is 4.22. The minimum absolute atomic E-state index is 0.00562. The minimum Gasteiger partial charge on any atom is -0.496 e. The first-order chi connectivity index (χ1) is 12.1. The third-order valence-electron chi connectivity index (χ3n) is 4.61. The standard InChI is InChI=1S/C19H23N3O3/c1-3-14-12-15(4-5-17(14)25-2)18(23)21-8-10-22(11-9-21)19(24)16-6-7-20-13-16/h4-7,12-13,20H,3,8-11H2,1-2H3. The molecule has 0 bridgehead atoms. The molecule has 0 atom stereocenters. The molecule has 1 aliphatic heterocycles. The summed E-state index contributed by atoms with van der Waals surface area (Å²) < 4.78 is 5.32. The summed E-state index contributed by atoms with van der Waals surface area (Å²) in [5.41, 5.74) is 2.35. The highest BCUT2D eigenvalue weighted by molar-refractivity contribution is 5.96. The van der Waals surface area contributed by atoms with Crippen molar-refractivity contribution >= 4 is 11.8 Å². The van der Waals surface area contributed by atoms with Crippen molar-refractivity contribution in [3.8, 4) is 5.75 Å². The average molecular weight is 341 g/mol. The summed E-state index contributed by atoms with van der Waals surface area (Å²) in [5, 5.41) is 0. The molecule has 0 unspecified atom stereocenters. The summed E-state index contributed by atoms with van der Waals surface area (Å²) in [6, 6.07) is 7.32. The molecule has 2 amide bonds. The van der Waals surface area contributed by atoms with E-state index in [4.69, 9.17) is 4.74 Å². The van der Waals surface area contributed by atoms with Gasteiger partial charge in [0.25, 0.3) is 11.8 Å². The zero-order valence-corrected chi connectivity index (χ0v) is 14.6. The van der Waals surface area contributed by atoms with Crippen LogP contribution >= 0.6 is 0 Å². The van der Waals surface area contributed by atoms with Crippen molar-refractivity contribution in [1.82, 2.24) is 14.8 Å². The third kappa shape index (κ3) is 3.52. The van der Waals surface area contributed by atoms with E-state index in [9.17, 15) is 9.59 Å². The Hall–Kier alpha value is -2.76. The fourth-order valence-electron chi connectivity index (χ4n) is 3.12. The van der Waals surface area contributed by atoms with Gasteiger partial charge in [-0.1, -0.05) is 6.92 Å². The maximum atomic E-state index is 12.7. The van der Waals surface area contributed by atoms with Crippen molar-refractivity contribution < 1.29 is 14.3 Å². The Morgan fingerprint density at radius 1 is 1.04 bits per heavy atom. The van der Waals surface area contributed by atoms with E-state index in [2.05, 4.69) is 4.98 Å². The molecule has 3 rings (SSSR count). The summed E-state index contributed by atoms with van der Waals surface area (Å²) >= 11 is 0. The highest BCUT2D eigenvalue weighted by Crippen LogP contribution is 2.21. The number of ether oxygens (including phenoxy) is 1. The zero-order chi connectivity index (χ0) is 17.8. The van der Waals surface area contributed by atoms with E-state index >= 15 is 0 Å². The number of methoxy groups -OCH3 is 1. The predicted octanol–water partition coefficient (Wildman–Crippen LogP) is 2.18. The van der Waals surface area contributed by atoms with Gasteiger partial charge in [0.15, 0.2) is 0 Å². The van der Waals surface area contributed by atoms with Crippen LogP contribution in [0, 0.1) is 0 Å². The minimum atomic E-state index is 0.00562. The second-order valence-electron chi connectivity index (χ2n) is 6.06. The lowest BCUT2D eigenvalue weighted by Gasteiger charge is -2.34. The van der Waals surface area contributed by atoms with Gasteiger partial charge in [0.1, 0.15) is 5.75 Å². The third-order valence-corrected chi connectivity index (χ3v) is 4.61. The Morgan fingerprint density at radius 2 is 1.68 bits per heavy atom.